The molecule has 1 aliphatic carbocycles. The lowest BCUT2D eigenvalue weighted by molar-refractivity contribution is -0.135. The largest absolute Gasteiger partial charge is 0.484 e. The Labute approximate surface area is 142 Å². The Bertz CT molecular complexity index is 593. The number of piperazine rings is 1. The van der Waals surface area contributed by atoms with Crippen LogP contribution in [0, 0.1) is 6.92 Å². The summed E-state index contributed by atoms with van der Waals surface area (Å²) in [5, 5.41) is 3.00. The highest BCUT2D eigenvalue weighted by Gasteiger charge is 2.26. The molecule has 1 heterocycles. The Hall–Kier alpha value is -2.08. The number of benzene rings is 1. The summed E-state index contributed by atoms with van der Waals surface area (Å²) >= 11 is 0. The average Bonchev–Trinajstić information content (AvgIpc) is 3.38. The van der Waals surface area contributed by atoms with E-state index in [1.54, 1.807) is 0 Å². The van der Waals surface area contributed by atoms with E-state index >= 15 is 0 Å². The number of nitrogens with one attached hydrogen (secondary N) is 1. The molecule has 1 N–H and O–H groups in total. The smallest absolute Gasteiger partial charge is 0.260 e. The highest BCUT2D eigenvalue weighted by molar-refractivity contribution is 5.79. The minimum Gasteiger partial charge on any atom is -0.484 e. The van der Waals surface area contributed by atoms with Crippen LogP contribution in [-0.4, -0.2) is 67.0 Å². The van der Waals surface area contributed by atoms with Crippen molar-refractivity contribution in [1.82, 2.24) is 15.1 Å². The zero-order valence-electron chi connectivity index (χ0n) is 14.2. The van der Waals surface area contributed by atoms with Gasteiger partial charge in [-0.1, -0.05) is 18.2 Å². The van der Waals surface area contributed by atoms with Gasteiger partial charge in [0.15, 0.2) is 6.61 Å². The Kier molecular flexibility index (Phi) is 5.35. The van der Waals surface area contributed by atoms with E-state index in [9.17, 15) is 9.59 Å². The molecule has 24 heavy (non-hydrogen) atoms. The predicted octanol–water partition coefficient (Wildman–Crippen LogP) is 0.797. The third kappa shape index (κ3) is 4.71. The van der Waals surface area contributed by atoms with E-state index in [0.29, 0.717) is 25.7 Å². The molecule has 0 unspecified atom stereocenters. The molecule has 0 spiro atoms. The summed E-state index contributed by atoms with van der Waals surface area (Å²) in [6.07, 6.45) is 2.21. The van der Waals surface area contributed by atoms with Crippen LogP contribution >= 0.6 is 0 Å². The molecule has 1 saturated carbocycles. The molecule has 2 aliphatic rings. The summed E-state index contributed by atoms with van der Waals surface area (Å²) in [5.41, 5.74) is 1.02. The molecule has 2 amide bonds. The van der Waals surface area contributed by atoms with E-state index < -0.39 is 0 Å². The van der Waals surface area contributed by atoms with Crippen LogP contribution in [0.2, 0.25) is 0 Å². The lowest BCUT2D eigenvalue weighted by atomic mass is 10.2. The number of carbonyl (C=O) groups is 2. The van der Waals surface area contributed by atoms with Gasteiger partial charge >= 0.3 is 0 Å². The van der Waals surface area contributed by atoms with Gasteiger partial charge in [0.05, 0.1) is 6.54 Å². The van der Waals surface area contributed by atoms with Crippen molar-refractivity contribution < 1.29 is 14.3 Å². The quantitative estimate of drug-likeness (QED) is 0.837. The van der Waals surface area contributed by atoms with Crippen molar-refractivity contribution >= 4 is 11.8 Å². The molecule has 1 aromatic rings. The average molecular weight is 331 g/mol. The number of hydrogen-bond acceptors (Lipinski definition) is 4. The van der Waals surface area contributed by atoms with Gasteiger partial charge in [0.25, 0.3) is 5.91 Å². The number of hydrogen-bond donors (Lipinski definition) is 1. The highest BCUT2D eigenvalue weighted by atomic mass is 16.5. The van der Waals surface area contributed by atoms with Crippen LogP contribution < -0.4 is 10.1 Å². The Morgan fingerprint density at radius 3 is 2.54 bits per heavy atom. The first-order valence-corrected chi connectivity index (χ1v) is 8.60. The van der Waals surface area contributed by atoms with Crippen LogP contribution in [-0.2, 0) is 9.59 Å². The van der Waals surface area contributed by atoms with Crippen LogP contribution in [0.3, 0.4) is 0 Å². The van der Waals surface area contributed by atoms with E-state index in [1.807, 2.05) is 36.1 Å². The van der Waals surface area contributed by atoms with Gasteiger partial charge in [0.1, 0.15) is 5.75 Å². The second kappa shape index (κ2) is 7.66. The minimum atomic E-state index is 0.000310. The third-order valence-corrected chi connectivity index (χ3v) is 4.48. The van der Waals surface area contributed by atoms with Crippen molar-refractivity contribution in [3.63, 3.8) is 0 Å². The summed E-state index contributed by atoms with van der Waals surface area (Å²) in [7, 11) is 0. The standard InChI is InChI=1S/C18H25N3O3/c1-14-4-2-3-5-16(14)24-13-18(23)21-10-8-20(9-11-21)12-17(22)19-15-6-7-15/h2-5,15H,6-13H2,1H3,(H,19,22). The van der Waals surface area contributed by atoms with Crippen molar-refractivity contribution in [2.45, 2.75) is 25.8 Å². The second-order valence-electron chi connectivity index (χ2n) is 6.55. The minimum absolute atomic E-state index is 0.000310. The van der Waals surface area contributed by atoms with E-state index in [4.69, 9.17) is 4.74 Å². The van der Waals surface area contributed by atoms with E-state index in [1.165, 1.54) is 0 Å². The SMILES string of the molecule is Cc1ccccc1OCC(=O)N1CCN(CC(=O)NC2CC2)CC1. The number of amides is 2. The summed E-state index contributed by atoms with van der Waals surface area (Å²) in [5.74, 6) is 0.849. The monoisotopic (exact) mass is 331 g/mol. The molecule has 2 fully saturated rings. The van der Waals surface area contributed by atoms with Gasteiger partial charge in [-0.25, -0.2) is 0 Å². The van der Waals surface area contributed by atoms with E-state index in [2.05, 4.69) is 10.2 Å². The van der Waals surface area contributed by atoms with Crippen molar-refractivity contribution in [2.24, 2.45) is 0 Å². The molecule has 3 rings (SSSR count). The van der Waals surface area contributed by atoms with Gasteiger partial charge in [-0.05, 0) is 31.4 Å². The zero-order valence-corrected chi connectivity index (χ0v) is 14.2. The molecule has 6 heteroatoms. The fraction of sp³-hybridized carbons (Fsp3) is 0.556. The third-order valence-electron chi connectivity index (χ3n) is 4.48. The van der Waals surface area contributed by atoms with Gasteiger partial charge < -0.3 is 15.0 Å². The number of aryl methyl sites for hydroxylation is 1. The van der Waals surface area contributed by atoms with E-state index in [0.717, 1.165) is 37.2 Å². The predicted molar refractivity (Wildman–Crippen MR) is 90.9 cm³/mol. The number of para-hydroxylation sites is 1. The van der Waals surface area contributed by atoms with Crippen molar-refractivity contribution in [2.75, 3.05) is 39.3 Å². The molecule has 1 aliphatic heterocycles. The van der Waals surface area contributed by atoms with Gasteiger partial charge in [-0.2, -0.15) is 0 Å². The first kappa shape index (κ1) is 16.8. The number of carbonyl (C=O) groups excluding carboxylic acids is 2. The molecule has 0 aromatic heterocycles. The molecule has 6 nitrogen and oxygen atoms in total. The molecular formula is C18H25N3O3. The maximum Gasteiger partial charge on any atom is 0.260 e. The lowest BCUT2D eigenvalue weighted by Crippen LogP contribution is -2.52. The van der Waals surface area contributed by atoms with E-state index in [-0.39, 0.29) is 18.4 Å². The summed E-state index contributed by atoms with van der Waals surface area (Å²) < 4.78 is 5.62. The molecule has 0 bridgehead atoms. The Morgan fingerprint density at radius 1 is 1.17 bits per heavy atom. The Morgan fingerprint density at radius 2 is 1.88 bits per heavy atom. The topological polar surface area (TPSA) is 61.9 Å². The summed E-state index contributed by atoms with van der Waals surface area (Å²) in [6.45, 7) is 5.21. The fourth-order valence-corrected chi connectivity index (χ4v) is 2.81. The first-order chi connectivity index (χ1) is 11.6. The van der Waals surface area contributed by atoms with Crippen molar-refractivity contribution in [3.8, 4) is 5.75 Å². The molecule has 1 saturated heterocycles. The fourth-order valence-electron chi connectivity index (χ4n) is 2.81. The van der Waals surface area contributed by atoms with Crippen LogP contribution in [0.1, 0.15) is 18.4 Å². The maximum atomic E-state index is 12.3. The maximum absolute atomic E-state index is 12.3. The number of rotatable bonds is 6. The van der Waals surface area contributed by atoms with Crippen LogP contribution in [0.25, 0.3) is 0 Å². The summed E-state index contributed by atoms with van der Waals surface area (Å²) in [4.78, 5) is 28.0. The van der Waals surface area contributed by atoms with Gasteiger partial charge in [-0.3, -0.25) is 14.5 Å². The Balaban J connectivity index is 1.38. The highest BCUT2D eigenvalue weighted by Crippen LogP contribution is 2.18. The molecule has 1 aromatic carbocycles. The molecule has 0 atom stereocenters. The second-order valence-corrected chi connectivity index (χ2v) is 6.55. The number of nitrogens with zero attached hydrogens (tertiary/aromatic N) is 2. The zero-order chi connectivity index (χ0) is 16.9. The molecule has 0 radical (unpaired) electrons. The first-order valence-electron chi connectivity index (χ1n) is 8.60. The van der Waals surface area contributed by atoms with Gasteiger partial charge in [0, 0.05) is 32.2 Å². The van der Waals surface area contributed by atoms with Crippen LogP contribution in [0.5, 0.6) is 5.75 Å². The van der Waals surface area contributed by atoms with Gasteiger partial charge in [-0.15, -0.1) is 0 Å². The van der Waals surface area contributed by atoms with Crippen LogP contribution in [0.4, 0.5) is 0 Å². The molecule has 130 valence electrons. The van der Waals surface area contributed by atoms with Crippen molar-refractivity contribution in [3.05, 3.63) is 29.8 Å². The lowest BCUT2D eigenvalue weighted by Gasteiger charge is -2.34. The number of ether oxygens (including phenoxy) is 1. The molecular weight excluding hydrogens is 306 g/mol. The summed E-state index contributed by atoms with van der Waals surface area (Å²) in [6, 6.07) is 8.09. The normalized spacial score (nSPS) is 18.3. The van der Waals surface area contributed by atoms with Gasteiger partial charge in [0.2, 0.25) is 5.91 Å². The van der Waals surface area contributed by atoms with Crippen molar-refractivity contribution in [1.29, 1.82) is 0 Å². The van der Waals surface area contributed by atoms with Crippen LogP contribution in [0.15, 0.2) is 24.3 Å².